The van der Waals surface area contributed by atoms with E-state index in [4.69, 9.17) is 0 Å². The van der Waals surface area contributed by atoms with Crippen molar-refractivity contribution in [3.63, 3.8) is 0 Å². The van der Waals surface area contributed by atoms with Gasteiger partial charge in [-0.1, -0.05) is 0 Å². The van der Waals surface area contributed by atoms with E-state index in [0.29, 0.717) is 0 Å². The van der Waals surface area contributed by atoms with Crippen LogP contribution in [0.4, 0.5) is 4.39 Å². The first-order valence-corrected chi connectivity index (χ1v) is 4.05. The third-order valence-electron chi connectivity index (χ3n) is 0.488. The van der Waals surface area contributed by atoms with Gasteiger partial charge >= 0.3 is 0 Å². The van der Waals surface area contributed by atoms with Crippen molar-refractivity contribution in [2.24, 2.45) is 0 Å². The predicted molar refractivity (Wildman–Crippen MR) is 30.0 cm³/mol. The zero-order valence-corrected chi connectivity index (χ0v) is 5.28. The fraction of sp³-hybridized carbons (Fsp3) is 0.500. The molecule has 0 bridgehead atoms. The van der Waals surface area contributed by atoms with Crippen molar-refractivity contribution >= 4 is 9.84 Å². The minimum atomic E-state index is -3.01. The topological polar surface area (TPSA) is 34.1 Å². The first kappa shape index (κ1) is 7.62. The molecular weight excluding hydrogens is 131 g/mol. The number of sulfone groups is 1. The van der Waals surface area contributed by atoms with Crippen LogP contribution in [0.15, 0.2) is 12.4 Å². The number of rotatable bonds is 2. The Morgan fingerprint density at radius 1 is 1.62 bits per heavy atom. The van der Waals surface area contributed by atoms with Crippen LogP contribution in [0.2, 0.25) is 0 Å². The SMILES string of the molecule is CS(=O)(=O)CC=CF. The molecule has 0 aromatic carbocycles. The summed E-state index contributed by atoms with van der Waals surface area (Å²) in [6, 6.07) is 0. The third kappa shape index (κ3) is 5.62. The van der Waals surface area contributed by atoms with E-state index in [1.807, 2.05) is 0 Å². The molecule has 0 fully saturated rings. The van der Waals surface area contributed by atoms with Gasteiger partial charge in [-0.15, -0.1) is 0 Å². The monoisotopic (exact) mass is 138 g/mol. The van der Waals surface area contributed by atoms with E-state index >= 15 is 0 Å². The maximum absolute atomic E-state index is 11.1. The van der Waals surface area contributed by atoms with Gasteiger partial charge in [-0.3, -0.25) is 0 Å². The molecule has 0 aliphatic rings. The van der Waals surface area contributed by atoms with Crippen LogP contribution >= 0.6 is 0 Å². The van der Waals surface area contributed by atoms with E-state index in [-0.39, 0.29) is 12.1 Å². The summed E-state index contributed by atoms with van der Waals surface area (Å²) in [6.07, 6.45) is 2.23. The maximum Gasteiger partial charge on any atom is 0.151 e. The van der Waals surface area contributed by atoms with Crippen LogP contribution in [0.25, 0.3) is 0 Å². The summed E-state index contributed by atoms with van der Waals surface area (Å²) in [4.78, 5) is 0. The summed E-state index contributed by atoms with van der Waals surface area (Å²) in [5.74, 6) is -0.219. The van der Waals surface area contributed by atoms with Crippen LogP contribution in [0.3, 0.4) is 0 Å². The van der Waals surface area contributed by atoms with Crippen LogP contribution in [0.5, 0.6) is 0 Å². The van der Waals surface area contributed by atoms with E-state index < -0.39 is 9.84 Å². The van der Waals surface area contributed by atoms with E-state index in [0.717, 1.165) is 12.3 Å². The highest BCUT2D eigenvalue weighted by atomic mass is 32.2. The number of hydrogen-bond acceptors (Lipinski definition) is 2. The van der Waals surface area contributed by atoms with E-state index in [2.05, 4.69) is 0 Å². The van der Waals surface area contributed by atoms with Gasteiger partial charge < -0.3 is 0 Å². The van der Waals surface area contributed by atoms with Gasteiger partial charge in [0.05, 0.1) is 12.1 Å². The first-order chi connectivity index (χ1) is 3.56. The lowest BCUT2D eigenvalue weighted by molar-refractivity contribution is 0.604. The molecule has 8 heavy (non-hydrogen) atoms. The highest BCUT2D eigenvalue weighted by molar-refractivity contribution is 7.90. The predicted octanol–water partition coefficient (Wildman–Crippen LogP) is 0.514. The van der Waals surface area contributed by atoms with Gasteiger partial charge in [0.2, 0.25) is 0 Å². The maximum atomic E-state index is 11.1. The third-order valence-corrected chi connectivity index (χ3v) is 1.29. The Labute approximate surface area is 47.9 Å². The first-order valence-electron chi connectivity index (χ1n) is 1.99. The molecule has 0 saturated carbocycles. The number of hydrogen-bond donors (Lipinski definition) is 0. The highest BCUT2D eigenvalue weighted by Crippen LogP contribution is 1.83. The lowest BCUT2D eigenvalue weighted by Crippen LogP contribution is -1.98. The Balaban J connectivity index is 3.76. The number of halogens is 1. The molecule has 2 nitrogen and oxygen atoms in total. The van der Waals surface area contributed by atoms with Crippen LogP contribution in [-0.4, -0.2) is 20.4 Å². The smallest absolute Gasteiger partial charge is 0.151 e. The van der Waals surface area contributed by atoms with Crippen molar-refractivity contribution < 1.29 is 12.8 Å². The molecule has 0 aromatic heterocycles. The molecule has 0 unspecified atom stereocenters. The van der Waals surface area contributed by atoms with Crippen molar-refractivity contribution in [2.45, 2.75) is 0 Å². The van der Waals surface area contributed by atoms with Crippen LogP contribution in [0.1, 0.15) is 0 Å². The molecule has 0 atom stereocenters. The van der Waals surface area contributed by atoms with Gasteiger partial charge in [0.15, 0.2) is 9.84 Å². The van der Waals surface area contributed by atoms with Crippen molar-refractivity contribution in [3.05, 3.63) is 12.4 Å². The second-order valence-electron chi connectivity index (χ2n) is 1.45. The Kier molecular flexibility index (Phi) is 2.68. The van der Waals surface area contributed by atoms with Crippen molar-refractivity contribution in [1.29, 1.82) is 0 Å². The van der Waals surface area contributed by atoms with Crippen molar-refractivity contribution in [1.82, 2.24) is 0 Å². The highest BCUT2D eigenvalue weighted by Gasteiger charge is 1.94. The molecular formula is C4H7FO2S. The minimum Gasteiger partial charge on any atom is -0.229 e. The molecule has 0 aliphatic heterocycles. The Hall–Kier alpha value is -0.380. The molecule has 0 aliphatic carbocycles. The van der Waals surface area contributed by atoms with Crippen LogP contribution in [0, 0.1) is 0 Å². The van der Waals surface area contributed by atoms with Gasteiger partial charge in [-0.05, 0) is 6.08 Å². The van der Waals surface area contributed by atoms with E-state index in [1.54, 1.807) is 0 Å². The summed E-state index contributed by atoms with van der Waals surface area (Å²) in [7, 11) is -3.01. The largest absolute Gasteiger partial charge is 0.229 e. The zero-order valence-electron chi connectivity index (χ0n) is 4.46. The molecule has 0 amide bonds. The summed E-state index contributed by atoms with van der Waals surface area (Å²) < 4.78 is 31.4. The van der Waals surface area contributed by atoms with Crippen molar-refractivity contribution in [3.8, 4) is 0 Å². The minimum absolute atomic E-state index is 0.219. The van der Waals surface area contributed by atoms with Gasteiger partial charge in [0.25, 0.3) is 0 Å². The van der Waals surface area contributed by atoms with Crippen LogP contribution < -0.4 is 0 Å². The standard InChI is InChI=1S/C4H7FO2S/c1-8(6,7)4-2-3-5/h2-3H,4H2,1H3. The fourth-order valence-corrected chi connectivity index (χ4v) is 0.633. The summed E-state index contributed by atoms with van der Waals surface area (Å²) >= 11 is 0. The average molecular weight is 138 g/mol. The molecule has 0 aromatic rings. The lowest BCUT2D eigenvalue weighted by atomic mass is 10.7. The molecule has 48 valence electrons. The molecule has 0 heterocycles. The second kappa shape index (κ2) is 2.81. The molecule has 0 spiro atoms. The average Bonchev–Trinajstić information content (AvgIpc) is 1.59. The van der Waals surface area contributed by atoms with Gasteiger partial charge in [-0.25, -0.2) is 12.8 Å². The van der Waals surface area contributed by atoms with E-state index in [1.165, 1.54) is 0 Å². The fourth-order valence-electron chi connectivity index (χ4n) is 0.211. The molecule has 4 heteroatoms. The van der Waals surface area contributed by atoms with Gasteiger partial charge in [0, 0.05) is 6.26 Å². The zero-order chi connectivity index (χ0) is 6.62. The Morgan fingerprint density at radius 3 is 2.25 bits per heavy atom. The molecule has 0 rings (SSSR count). The van der Waals surface area contributed by atoms with Crippen molar-refractivity contribution in [2.75, 3.05) is 12.0 Å². The van der Waals surface area contributed by atoms with Gasteiger partial charge in [-0.2, -0.15) is 0 Å². The lowest BCUT2D eigenvalue weighted by Gasteiger charge is -1.84. The van der Waals surface area contributed by atoms with Crippen LogP contribution in [-0.2, 0) is 9.84 Å². The second-order valence-corrected chi connectivity index (χ2v) is 3.64. The summed E-state index contributed by atoms with van der Waals surface area (Å²) in [5.41, 5.74) is 0. The van der Waals surface area contributed by atoms with Gasteiger partial charge in [0.1, 0.15) is 0 Å². The molecule has 0 saturated heterocycles. The summed E-state index contributed by atoms with van der Waals surface area (Å²) in [6.45, 7) is 0. The normalized spacial score (nSPS) is 12.8. The molecule has 0 radical (unpaired) electrons. The summed E-state index contributed by atoms with van der Waals surface area (Å²) in [5, 5.41) is 0. The van der Waals surface area contributed by atoms with E-state index in [9.17, 15) is 12.8 Å². The Morgan fingerprint density at radius 2 is 2.12 bits per heavy atom. The Bertz CT molecular complexity index is 168. The molecule has 0 N–H and O–H groups in total. The quantitative estimate of drug-likeness (QED) is 0.557.